The van der Waals surface area contributed by atoms with Crippen LogP contribution >= 0.6 is 15.9 Å². The Kier molecular flexibility index (Phi) is 1.08. The zero-order valence-corrected chi connectivity index (χ0v) is 5.92. The van der Waals surface area contributed by atoms with E-state index >= 15 is 0 Å². The van der Waals surface area contributed by atoms with Crippen molar-refractivity contribution in [3.8, 4) is 5.75 Å². The largest absolute Gasteiger partial charge is 0.494 e. The summed E-state index contributed by atoms with van der Waals surface area (Å²) in [6.45, 7) is 0. The van der Waals surface area contributed by atoms with Crippen LogP contribution < -0.4 is 4.74 Å². The normalized spacial score (nSPS) is 15.4. The van der Waals surface area contributed by atoms with Gasteiger partial charge in [0.1, 0.15) is 0 Å². The van der Waals surface area contributed by atoms with Crippen molar-refractivity contribution in [2.24, 2.45) is 0 Å². The molecule has 0 aromatic carbocycles. The molecule has 0 spiro atoms. The molecule has 1 aromatic heterocycles. The average Bonchev–Trinajstić information content (AvgIpc) is 1.91. The molecule has 1 heterocycles. The van der Waals surface area contributed by atoms with Gasteiger partial charge in [-0.05, 0) is 15.9 Å². The van der Waals surface area contributed by atoms with Crippen LogP contribution in [0.5, 0.6) is 5.75 Å². The van der Waals surface area contributed by atoms with E-state index in [-0.39, 0.29) is 5.75 Å². The number of hydrogen-bond donors (Lipinski definition) is 0. The van der Waals surface area contributed by atoms with Gasteiger partial charge in [0.05, 0.1) is 23.5 Å². The van der Waals surface area contributed by atoms with Gasteiger partial charge in [0, 0.05) is 0 Å². The zero-order chi connectivity index (χ0) is 9.19. The smallest absolute Gasteiger partial charge is 0.196 e. The molecule has 1 rings (SSSR count). The van der Waals surface area contributed by atoms with Crippen LogP contribution in [0, 0.1) is 0 Å². The lowest BCUT2D eigenvalue weighted by atomic mass is 10.6. The summed E-state index contributed by atoms with van der Waals surface area (Å²) in [6, 6.07) is 0. The Morgan fingerprint density at radius 3 is 2.89 bits per heavy atom. The molecule has 0 amide bonds. The summed E-state index contributed by atoms with van der Waals surface area (Å²) in [5.74, 6) is 0.123. The van der Waals surface area contributed by atoms with Gasteiger partial charge in [0.15, 0.2) is 10.5 Å². The molecule has 4 heteroatoms. The highest BCUT2D eigenvalue weighted by atomic mass is 79.9. The second-order valence-corrected chi connectivity index (χ2v) is 2.00. The molecule has 0 aliphatic rings. The Balaban J connectivity index is 2.71. The fourth-order valence-electron chi connectivity index (χ4n) is 0.353. The Morgan fingerprint density at radius 1 is 1.67 bits per heavy atom. The zero-order valence-electron chi connectivity index (χ0n) is 7.34. The lowest BCUT2D eigenvalue weighted by Gasteiger charge is -1.94. The van der Waals surface area contributed by atoms with Gasteiger partial charge in [-0.2, -0.15) is 0 Å². The number of aromatic nitrogens is 2. The third kappa shape index (κ3) is 1.64. The van der Waals surface area contributed by atoms with Gasteiger partial charge in [0.25, 0.3) is 0 Å². The Morgan fingerprint density at radius 2 is 2.33 bits per heavy atom. The van der Waals surface area contributed by atoms with E-state index in [9.17, 15) is 0 Å². The third-order valence-electron chi connectivity index (χ3n) is 0.714. The van der Waals surface area contributed by atoms with E-state index in [1.165, 1.54) is 12.4 Å². The summed E-state index contributed by atoms with van der Waals surface area (Å²) in [6.07, 6.45) is 2.56. The molecule has 0 aliphatic carbocycles. The minimum Gasteiger partial charge on any atom is -0.494 e. The van der Waals surface area contributed by atoms with Gasteiger partial charge in [-0.1, -0.05) is 0 Å². The molecular weight excluding hydrogens is 184 g/mol. The minimum absolute atomic E-state index is 0.123. The molecule has 0 atom stereocenters. The maximum absolute atomic E-state index is 6.77. The molecule has 0 saturated carbocycles. The van der Waals surface area contributed by atoms with Crippen molar-refractivity contribution >= 4 is 15.9 Å². The first kappa shape index (κ1) is 3.51. The molecule has 0 radical (unpaired) electrons. The topological polar surface area (TPSA) is 35.0 Å². The monoisotopic (exact) mass is 191 g/mol. The van der Waals surface area contributed by atoms with Crippen molar-refractivity contribution in [3.63, 3.8) is 0 Å². The first-order valence-electron chi connectivity index (χ1n) is 3.64. The average molecular weight is 192 g/mol. The number of ether oxygens (including phenoxy) is 1. The van der Waals surface area contributed by atoms with Crippen LogP contribution in [0.25, 0.3) is 0 Å². The van der Waals surface area contributed by atoms with Crippen molar-refractivity contribution in [2.75, 3.05) is 7.04 Å². The van der Waals surface area contributed by atoms with E-state index < -0.39 is 7.04 Å². The van der Waals surface area contributed by atoms with Crippen LogP contribution in [0.3, 0.4) is 0 Å². The molecular formula is C5H5BrN2O. The maximum Gasteiger partial charge on any atom is 0.196 e. The molecule has 0 bridgehead atoms. The predicted octanol–water partition coefficient (Wildman–Crippen LogP) is 1.25. The van der Waals surface area contributed by atoms with Gasteiger partial charge in [0.2, 0.25) is 0 Å². The number of halogens is 1. The Hall–Kier alpha value is -0.640. The van der Waals surface area contributed by atoms with E-state index in [0.717, 1.165) is 0 Å². The van der Waals surface area contributed by atoms with Crippen LogP contribution in [0.2, 0.25) is 0 Å². The van der Waals surface area contributed by atoms with Gasteiger partial charge >= 0.3 is 0 Å². The molecule has 0 unspecified atom stereocenters. The molecule has 0 fully saturated rings. The highest BCUT2D eigenvalue weighted by Gasteiger charge is 1.89. The Bertz CT molecular complexity index is 260. The van der Waals surface area contributed by atoms with Crippen molar-refractivity contribution in [1.29, 1.82) is 0 Å². The summed E-state index contributed by atoms with van der Waals surface area (Å²) in [4.78, 5) is 7.39. The number of methoxy groups -OCH3 is 1. The summed E-state index contributed by atoms with van der Waals surface area (Å²) in [7, 11) is -2.45. The van der Waals surface area contributed by atoms with Crippen molar-refractivity contribution in [2.45, 2.75) is 0 Å². The summed E-state index contributed by atoms with van der Waals surface area (Å²) < 4.78 is 25.2. The van der Waals surface area contributed by atoms with Crippen LogP contribution in [-0.4, -0.2) is 17.0 Å². The highest BCUT2D eigenvalue weighted by Crippen LogP contribution is 2.07. The fraction of sp³-hybridized carbons (Fsp3) is 0.200. The molecule has 1 aromatic rings. The summed E-state index contributed by atoms with van der Waals surface area (Å²) in [5, 5.41) is 0. The molecule has 9 heavy (non-hydrogen) atoms. The highest BCUT2D eigenvalue weighted by molar-refractivity contribution is 9.10. The number of rotatable bonds is 1. The lowest BCUT2D eigenvalue weighted by molar-refractivity contribution is 0.410. The van der Waals surface area contributed by atoms with Gasteiger partial charge in [-0.3, -0.25) is 0 Å². The molecule has 0 N–H and O–H groups in total. The third-order valence-corrected chi connectivity index (χ3v) is 1.12. The maximum atomic E-state index is 6.77. The number of hydrogen-bond acceptors (Lipinski definition) is 3. The molecule has 3 nitrogen and oxygen atoms in total. The predicted molar refractivity (Wildman–Crippen MR) is 36.3 cm³/mol. The van der Waals surface area contributed by atoms with Gasteiger partial charge < -0.3 is 4.74 Å². The standard InChI is InChI=1S/C5H5BrN2O/c1-9-4-2-7-5(6)8-3-4/h2-3H,1H3/i1D3. The van der Waals surface area contributed by atoms with E-state index in [1.807, 2.05) is 0 Å². The first-order chi connectivity index (χ1) is 5.47. The fourth-order valence-corrected chi connectivity index (χ4v) is 0.558. The van der Waals surface area contributed by atoms with Crippen LogP contribution in [0.4, 0.5) is 0 Å². The quantitative estimate of drug-likeness (QED) is 0.628. The molecule has 48 valence electrons. The summed E-state index contributed by atoms with van der Waals surface area (Å²) in [5.41, 5.74) is 0. The Labute approximate surface area is 65.4 Å². The van der Waals surface area contributed by atoms with Crippen molar-refractivity contribution in [3.05, 3.63) is 17.1 Å². The number of nitrogens with zero attached hydrogens (tertiary/aromatic N) is 2. The van der Waals surface area contributed by atoms with Crippen molar-refractivity contribution in [1.82, 2.24) is 9.97 Å². The van der Waals surface area contributed by atoms with E-state index in [0.29, 0.717) is 4.73 Å². The second kappa shape index (κ2) is 2.77. The van der Waals surface area contributed by atoms with Gasteiger partial charge in [-0.25, -0.2) is 9.97 Å². The van der Waals surface area contributed by atoms with Crippen LogP contribution in [-0.2, 0) is 0 Å². The van der Waals surface area contributed by atoms with Gasteiger partial charge in [-0.15, -0.1) is 0 Å². The van der Waals surface area contributed by atoms with Crippen LogP contribution in [0.1, 0.15) is 4.11 Å². The van der Waals surface area contributed by atoms with E-state index in [4.69, 9.17) is 4.11 Å². The second-order valence-electron chi connectivity index (χ2n) is 1.29. The lowest BCUT2D eigenvalue weighted by Crippen LogP contribution is -1.86. The minimum atomic E-state index is -2.45. The SMILES string of the molecule is [2H]C([2H])([2H])Oc1cnc(Br)nc1. The molecule has 0 saturated heterocycles. The van der Waals surface area contributed by atoms with E-state index in [1.54, 1.807) is 0 Å². The first-order valence-corrected chi connectivity index (χ1v) is 2.93. The molecule has 0 aliphatic heterocycles. The van der Waals surface area contributed by atoms with Crippen LogP contribution in [0.15, 0.2) is 17.1 Å². The van der Waals surface area contributed by atoms with E-state index in [2.05, 4.69) is 30.6 Å². The summed E-state index contributed by atoms with van der Waals surface area (Å²) >= 11 is 3.01. The van der Waals surface area contributed by atoms with Crippen molar-refractivity contribution < 1.29 is 8.85 Å².